The van der Waals surface area contributed by atoms with Crippen molar-refractivity contribution in [2.24, 2.45) is 5.92 Å². The van der Waals surface area contributed by atoms with Crippen molar-refractivity contribution in [3.63, 3.8) is 0 Å². The number of benzene rings is 1. The number of allylic oxidation sites excluding steroid dienone is 4. The third-order valence-corrected chi connectivity index (χ3v) is 5.40. The zero-order valence-electron chi connectivity index (χ0n) is 13.1. The van der Waals surface area contributed by atoms with Crippen LogP contribution in [-0.2, 0) is 4.79 Å². The maximum atomic E-state index is 13.0. The number of hydrogen-bond acceptors (Lipinski definition) is 3. The van der Waals surface area contributed by atoms with Crippen LogP contribution < -0.4 is 0 Å². The molecule has 116 valence electrons. The van der Waals surface area contributed by atoms with Gasteiger partial charge in [0.2, 0.25) is 0 Å². The first-order valence-electron chi connectivity index (χ1n) is 8.19. The first-order valence-corrected chi connectivity index (χ1v) is 8.19. The number of carbonyl (C=O) groups excluding carboxylic acids is 3. The smallest absolute Gasteiger partial charge is 0.190 e. The minimum absolute atomic E-state index is 0.0100. The van der Waals surface area contributed by atoms with E-state index >= 15 is 0 Å². The fourth-order valence-corrected chi connectivity index (χ4v) is 4.25. The van der Waals surface area contributed by atoms with Crippen LogP contribution >= 0.6 is 0 Å². The first-order chi connectivity index (χ1) is 11.1. The highest BCUT2D eigenvalue weighted by atomic mass is 16.1. The summed E-state index contributed by atoms with van der Waals surface area (Å²) in [6.45, 7) is 2.04. The van der Waals surface area contributed by atoms with Crippen LogP contribution in [0.15, 0.2) is 46.6 Å². The molecule has 1 saturated carbocycles. The van der Waals surface area contributed by atoms with Crippen LogP contribution in [0.3, 0.4) is 0 Å². The lowest BCUT2D eigenvalue weighted by atomic mass is 9.69. The standard InChI is InChI=1S/C20H18O3/c1-11-10-17-18(14-9-7-12(21)6-8-13(11)14)20(23)16-5-3-2-4-15(16)19(17)22/h2-5,14H,6-10H2,1H3. The van der Waals surface area contributed by atoms with Gasteiger partial charge in [0.15, 0.2) is 11.6 Å². The Bertz CT molecular complexity index is 823. The Morgan fingerprint density at radius 1 is 0.913 bits per heavy atom. The van der Waals surface area contributed by atoms with Gasteiger partial charge in [0.1, 0.15) is 5.78 Å². The van der Waals surface area contributed by atoms with E-state index in [2.05, 4.69) is 0 Å². The predicted molar refractivity (Wildman–Crippen MR) is 86.4 cm³/mol. The van der Waals surface area contributed by atoms with Crippen molar-refractivity contribution in [1.82, 2.24) is 0 Å². The highest BCUT2D eigenvalue weighted by Crippen LogP contribution is 2.45. The van der Waals surface area contributed by atoms with Gasteiger partial charge in [-0.25, -0.2) is 0 Å². The molecular weight excluding hydrogens is 288 g/mol. The lowest BCUT2D eigenvalue weighted by Gasteiger charge is -2.33. The number of hydrogen-bond donors (Lipinski definition) is 0. The van der Waals surface area contributed by atoms with E-state index < -0.39 is 0 Å². The molecule has 0 heterocycles. The third kappa shape index (κ3) is 2.07. The average molecular weight is 306 g/mol. The molecule has 0 radical (unpaired) electrons. The van der Waals surface area contributed by atoms with Gasteiger partial charge < -0.3 is 0 Å². The van der Waals surface area contributed by atoms with E-state index in [4.69, 9.17) is 0 Å². The summed E-state index contributed by atoms with van der Waals surface area (Å²) in [4.78, 5) is 37.7. The Kier molecular flexibility index (Phi) is 3.19. The molecule has 1 atom stereocenters. The van der Waals surface area contributed by atoms with Crippen molar-refractivity contribution in [1.29, 1.82) is 0 Å². The second-order valence-electron chi connectivity index (χ2n) is 6.71. The van der Waals surface area contributed by atoms with Crippen LogP contribution in [0.2, 0.25) is 0 Å². The predicted octanol–water partition coefficient (Wildman–Crippen LogP) is 3.84. The van der Waals surface area contributed by atoms with Crippen molar-refractivity contribution in [2.45, 2.75) is 39.0 Å². The molecule has 1 unspecified atom stereocenters. The Morgan fingerprint density at radius 3 is 2.35 bits per heavy atom. The molecule has 23 heavy (non-hydrogen) atoms. The molecule has 3 nitrogen and oxygen atoms in total. The number of Topliss-reactive ketones (excluding diaryl/α,β-unsaturated/α-hetero) is 3. The zero-order valence-corrected chi connectivity index (χ0v) is 13.1. The maximum absolute atomic E-state index is 13.0. The summed E-state index contributed by atoms with van der Waals surface area (Å²) in [6.07, 6.45) is 3.00. The quantitative estimate of drug-likeness (QED) is 0.684. The first kappa shape index (κ1) is 14.3. The molecule has 0 N–H and O–H groups in total. The Morgan fingerprint density at radius 2 is 1.61 bits per heavy atom. The van der Waals surface area contributed by atoms with Crippen LogP contribution in [0, 0.1) is 5.92 Å². The average Bonchev–Trinajstić information content (AvgIpc) is 2.75. The lowest BCUT2D eigenvalue weighted by Crippen LogP contribution is -2.30. The van der Waals surface area contributed by atoms with Gasteiger partial charge in [-0.15, -0.1) is 0 Å². The topological polar surface area (TPSA) is 51.2 Å². The van der Waals surface area contributed by atoms with Crippen LogP contribution in [0.25, 0.3) is 0 Å². The highest BCUT2D eigenvalue weighted by Gasteiger charge is 2.40. The van der Waals surface area contributed by atoms with Gasteiger partial charge in [-0.2, -0.15) is 0 Å². The molecule has 0 saturated heterocycles. The van der Waals surface area contributed by atoms with E-state index in [-0.39, 0.29) is 23.3 Å². The molecule has 0 aromatic heterocycles. The van der Waals surface area contributed by atoms with E-state index in [1.165, 1.54) is 11.1 Å². The SMILES string of the molecule is CC1=C2CCC(=O)CCC2C2=C(C1)C(=O)c1ccccc1C2=O. The van der Waals surface area contributed by atoms with Crippen LogP contribution in [0.1, 0.15) is 59.7 Å². The molecule has 0 aliphatic heterocycles. The Hall–Kier alpha value is -2.29. The van der Waals surface area contributed by atoms with E-state index in [1.807, 2.05) is 6.92 Å². The second-order valence-corrected chi connectivity index (χ2v) is 6.71. The van der Waals surface area contributed by atoms with Gasteiger partial charge in [0.05, 0.1) is 0 Å². The summed E-state index contributed by atoms with van der Waals surface area (Å²) < 4.78 is 0. The minimum Gasteiger partial charge on any atom is -0.300 e. The van der Waals surface area contributed by atoms with Crippen LogP contribution in [0.5, 0.6) is 0 Å². The molecule has 1 aromatic rings. The summed E-state index contributed by atoms with van der Waals surface area (Å²) in [5.41, 5.74) is 4.76. The molecule has 1 fully saturated rings. The third-order valence-electron chi connectivity index (χ3n) is 5.40. The Balaban J connectivity index is 1.87. The lowest BCUT2D eigenvalue weighted by molar-refractivity contribution is -0.118. The van der Waals surface area contributed by atoms with Gasteiger partial charge in [0, 0.05) is 41.0 Å². The van der Waals surface area contributed by atoms with Gasteiger partial charge in [-0.3, -0.25) is 14.4 Å². The van der Waals surface area contributed by atoms with E-state index in [0.29, 0.717) is 48.0 Å². The van der Waals surface area contributed by atoms with Crippen molar-refractivity contribution in [3.8, 4) is 0 Å². The summed E-state index contributed by atoms with van der Waals surface area (Å²) in [5, 5.41) is 0. The molecule has 0 amide bonds. The molecule has 3 aliphatic carbocycles. The molecule has 1 aromatic carbocycles. The van der Waals surface area contributed by atoms with E-state index in [0.717, 1.165) is 6.42 Å². The number of ketones is 3. The zero-order chi connectivity index (χ0) is 16.1. The summed E-state index contributed by atoms with van der Waals surface area (Å²) >= 11 is 0. The monoisotopic (exact) mass is 306 g/mol. The van der Waals surface area contributed by atoms with Crippen molar-refractivity contribution in [3.05, 3.63) is 57.7 Å². The molecule has 3 heteroatoms. The van der Waals surface area contributed by atoms with Gasteiger partial charge in [-0.1, -0.05) is 35.4 Å². The van der Waals surface area contributed by atoms with Gasteiger partial charge >= 0.3 is 0 Å². The fourth-order valence-electron chi connectivity index (χ4n) is 4.25. The minimum atomic E-state index is -0.0463. The number of rotatable bonds is 0. The highest BCUT2D eigenvalue weighted by molar-refractivity contribution is 6.27. The van der Waals surface area contributed by atoms with Gasteiger partial charge in [-0.05, 0) is 26.2 Å². The molecule has 3 aliphatic rings. The van der Waals surface area contributed by atoms with Crippen LogP contribution in [0.4, 0.5) is 0 Å². The molecule has 0 spiro atoms. The van der Waals surface area contributed by atoms with Crippen molar-refractivity contribution >= 4 is 17.3 Å². The number of fused-ring (bicyclic) bond motifs is 3. The molecular formula is C20H18O3. The summed E-state index contributed by atoms with van der Waals surface area (Å²) in [7, 11) is 0. The van der Waals surface area contributed by atoms with Crippen molar-refractivity contribution in [2.75, 3.05) is 0 Å². The van der Waals surface area contributed by atoms with Gasteiger partial charge in [0.25, 0.3) is 0 Å². The second kappa shape index (κ2) is 5.12. The Labute approximate surface area is 135 Å². The number of carbonyl (C=O) groups is 3. The van der Waals surface area contributed by atoms with E-state index in [9.17, 15) is 14.4 Å². The summed E-state index contributed by atoms with van der Waals surface area (Å²) in [5.74, 6) is 0.190. The summed E-state index contributed by atoms with van der Waals surface area (Å²) in [6, 6.07) is 7.09. The molecule has 0 bridgehead atoms. The van der Waals surface area contributed by atoms with E-state index in [1.54, 1.807) is 24.3 Å². The normalized spacial score (nSPS) is 24.2. The van der Waals surface area contributed by atoms with Crippen molar-refractivity contribution < 1.29 is 14.4 Å². The maximum Gasteiger partial charge on any atom is 0.190 e. The van der Waals surface area contributed by atoms with Crippen LogP contribution in [-0.4, -0.2) is 17.3 Å². The fraction of sp³-hybridized carbons (Fsp3) is 0.350. The largest absolute Gasteiger partial charge is 0.300 e. The molecule has 4 rings (SSSR count).